The van der Waals surface area contributed by atoms with Gasteiger partial charge in [-0.05, 0) is 55.9 Å². The first-order chi connectivity index (χ1) is 13.6. The van der Waals surface area contributed by atoms with Crippen LogP contribution in [0.2, 0.25) is 0 Å². The number of likely N-dealkylation sites (tertiary alicyclic amines) is 1. The van der Waals surface area contributed by atoms with E-state index in [2.05, 4.69) is 24.3 Å². The number of amides is 1. The molecule has 2 aromatic carbocycles. The molecule has 0 unspecified atom stereocenters. The summed E-state index contributed by atoms with van der Waals surface area (Å²) in [6, 6.07) is 18.7. The minimum absolute atomic E-state index is 0.164. The maximum absolute atomic E-state index is 12.6. The molecule has 5 heteroatoms. The highest BCUT2D eigenvalue weighted by Gasteiger charge is 2.28. The second-order valence-corrected chi connectivity index (χ2v) is 7.20. The summed E-state index contributed by atoms with van der Waals surface area (Å²) in [5, 5.41) is 8.94. The van der Waals surface area contributed by atoms with Crippen molar-refractivity contribution in [2.24, 2.45) is 5.92 Å². The summed E-state index contributed by atoms with van der Waals surface area (Å²) in [4.78, 5) is 26.7. The number of piperidine rings is 1. The summed E-state index contributed by atoms with van der Waals surface area (Å²) in [6.07, 6.45) is 2.09. The van der Waals surface area contributed by atoms with Gasteiger partial charge < -0.3 is 9.64 Å². The Kier molecular flexibility index (Phi) is 6.44. The van der Waals surface area contributed by atoms with Crippen LogP contribution in [0.1, 0.15) is 41.3 Å². The van der Waals surface area contributed by atoms with Crippen LogP contribution in [0, 0.1) is 17.2 Å². The van der Waals surface area contributed by atoms with Crippen LogP contribution in [0.15, 0.2) is 54.6 Å². The van der Waals surface area contributed by atoms with Crippen LogP contribution in [-0.4, -0.2) is 36.0 Å². The van der Waals surface area contributed by atoms with E-state index in [9.17, 15) is 9.59 Å². The van der Waals surface area contributed by atoms with Gasteiger partial charge in [0.15, 0.2) is 6.10 Å². The molecule has 1 saturated heterocycles. The Hall–Kier alpha value is -3.13. The van der Waals surface area contributed by atoms with Gasteiger partial charge in [-0.3, -0.25) is 4.79 Å². The third-order valence-corrected chi connectivity index (χ3v) is 5.15. The molecule has 0 bridgehead atoms. The number of esters is 1. The van der Waals surface area contributed by atoms with E-state index in [1.54, 1.807) is 30.0 Å². The molecule has 0 radical (unpaired) electrons. The van der Waals surface area contributed by atoms with E-state index in [0.717, 1.165) is 19.3 Å². The molecule has 0 N–H and O–H groups in total. The fraction of sp³-hybridized carbons (Fsp3) is 0.348. The van der Waals surface area contributed by atoms with Gasteiger partial charge in [0.25, 0.3) is 5.91 Å². The van der Waals surface area contributed by atoms with Crippen LogP contribution in [0.5, 0.6) is 0 Å². The summed E-state index contributed by atoms with van der Waals surface area (Å²) >= 11 is 0. The number of benzene rings is 2. The molecule has 144 valence electrons. The maximum atomic E-state index is 12.6. The molecule has 0 saturated carbocycles. The van der Waals surface area contributed by atoms with E-state index in [0.29, 0.717) is 24.6 Å². The molecule has 28 heavy (non-hydrogen) atoms. The number of carbonyl (C=O) groups excluding carboxylic acids is 2. The molecule has 0 spiro atoms. The molecule has 1 atom stereocenters. The molecule has 1 aliphatic heterocycles. The zero-order valence-electron chi connectivity index (χ0n) is 16.0. The highest BCUT2D eigenvalue weighted by atomic mass is 16.5. The zero-order valence-corrected chi connectivity index (χ0v) is 16.0. The predicted octanol–water partition coefficient (Wildman–Crippen LogP) is 3.58. The van der Waals surface area contributed by atoms with Gasteiger partial charge in [0.1, 0.15) is 0 Å². The molecule has 1 fully saturated rings. The Labute approximate surface area is 165 Å². The van der Waals surface area contributed by atoms with Crippen LogP contribution < -0.4 is 0 Å². The summed E-state index contributed by atoms with van der Waals surface area (Å²) in [5.41, 5.74) is 1.99. The van der Waals surface area contributed by atoms with Crippen LogP contribution >= 0.6 is 0 Å². The lowest BCUT2D eigenvalue weighted by Gasteiger charge is -2.33. The molecule has 0 aromatic heterocycles. The minimum atomic E-state index is -0.844. The minimum Gasteiger partial charge on any atom is -0.449 e. The van der Waals surface area contributed by atoms with E-state index in [4.69, 9.17) is 10.00 Å². The first-order valence-corrected chi connectivity index (χ1v) is 9.60. The first-order valence-electron chi connectivity index (χ1n) is 9.60. The molecular formula is C23H24N2O3. The quantitative estimate of drug-likeness (QED) is 0.748. The average molecular weight is 376 g/mol. The van der Waals surface area contributed by atoms with Crippen molar-refractivity contribution < 1.29 is 14.3 Å². The van der Waals surface area contributed by atoms with Crippen molar-refractivity contribution in [1.29, 1.82) is 5.26 Å². The van der Waals surface area contributed by atoms with Gasteiger partial charge >= 0.3 is 5.97 Å². The summed E-state index contributed by atoms with van der Waals surface area (Å²) in [6.45, 7) is 2.97. The first kappa shape index (κ1) is 19.6. The van der Waals surface area contributed by atoms with Gasteiger partial charge in [-0.1, -0.05) is 36.4 Å². The largest absolute Gasteiger partial charge is 0.449 e. The molecule has 0 aliphatic carbocycles. The van der Waals surface area contributed by atoms with Crippen molar-refractivity contribution in [1.82, 2.24) is 4.90 Å². The number of hydrogen-bond acceptors (Lipinski definition) is 4. The molecule has 3 rings (SSSR count). The normalized spacial score (nSPS) is 15.5. The Morgan fingerprint density at radius 3 is 2.54 bits per heavy atom. The van der Waals surface area contributed by atoms with Crippen LogP contribution in [0.25, 0.3) is 0 Å². The zero-order chi connectivity index (χ0) is 19.9. The second-order valence-electron chi connectivity index (χ2n) is 7.20. The highest BCUT2D eigenvalue weighted by molar-refractivity contribution is 5.92. The maximum Gasteiger partial charge on any atom is 0.338 e. The van der Waals surface area contributed by atoms with E-state index < -0.39 is 12.1 Å². The number of nitriles is 1. The standard InChI is InChI=1S/C23H24N2O3/c1-17(28-23(27)21-9-5-8-20(15-21)16-24)22(26)25-12-10-19(11-13-25)14-18-6-3-2-4-7-18/h2-9,15,17,19H,10-14H2,1H3/t17-/m1/s1. The second kappa shape index (κ2) is 9.18. The molecule has 1 heterocycles. The van der Waals surface area contributed by atoms with Gasteiger partial charge in [-0.15, -0.1) is 0 Å². The Morgan fingerprint density at radius 1 is 1.14 bits per heavy atom. The fourth-order valence-electron chi connectivity index (χ4n) is 3.56. The van der Waals surface area contributed by atoms with Crippen molar-refractivity contribution in [2.75, 3.05) is 13.1 Å². The smallest absolute Gasteiger partial charge is 0.338 e. The number of hydrogen-bond donors (Lipinski definition) is 0. The van der Waals surface area contributed by atoms with Crippen LogP contribution in [0.3, 0.4) is 0 Å². The lowest BCUT2D eigenvalue weighted by atomic mass is 9.90. The Morgan fingerprint density at radius 2 is 1.86 bits per heavy atom. The van der Waals surface area contributed by atoms with Gasteiger partial charge in [-0.2, -0.15) is 5.26 Å². The third-order valence-electron chi connectivity index (χ3n) is 5.15. The summed E-state index contributed by atoms with van der Waals surface area (Å²) in [5.74, 6) is -0.183. The van der Waals surface area contributed by atoms with E-state index in [-0.39, 0.29) is 11.5 Å². The molecule has 2 aromatic rings. The number of carbonyl (C=O) groups is 2. The Bertz CT molecular complexity index is 865. The van der Waals surface area contributed by atoms with Crippen LogP contribution in [-0.2, 0) is 16.0 Å². The van der Waals surface area contributed by atoms with E-state index >= 15 is 0 Å². The SMILES string of the molecule is C[C@@H](OC(=O)c1cccc(C#N)c1)C(=O)N1CCC(Cc2ccccc2)CC1. The molecule has 1 amide bonds. The predicted molar refractivity (Wildman–Crippen MR) is 105 cm³/mol. The van der Waals surface area contributed by atoms with E-state index in [1.807, 2.05) is 12.1 Å². The summed E-state index contributed by atoms with van der Waals surface area (Å²) < 4.78 is 5.33. The highest BCUT2D eigenvalue weighted by Crippen LogP contribution is 2.22. The van der Waals surface area contributed by atoms with E-state index in [1.165, 1.54) is 11.6 Å². The average Bonchev–Trinajstić information content (AvgIpc) is 2.74. The van der Waals surface area contributed by atoms with Crippen molar-refractivity contribution in [3.8, 4) is 6.07 Å². The monoisotopic (exact) mass is 376 g/mol. The number of nitrogens with zero attached hydrogens (tertiary/aromatic N) is 2. The fourth-order valence-corrected chi connectivity index (χ4v) is 3.56. The van der Waals surface area contributed by atoms with Crippen LogP contribution in [0.4, 0.5) is 0 Å². The van der Waals surface area contributed by atoms with Gasteiger partial charge in [0.2, 0.25) is 0 Å². The Balaban J connectivity index is 1.50. The third kappa shape index (κ3) is 4.98. The van der Waals surface area contributed by atoms with Gasteiger partial charge in [-0.25, -0.2) is 4.79 Å². The topological polar surface area (TPSA) is 70.4 Å². The molecular weight excluding hydrogens is 352 g/mol. The van der Waals surface area contributed by atoms with Gasteiger partial charge in [0.05, 0.1) is 17.2 Å². The number of rotatable bonds is 5. The van der Waals surface area contributed by atoms with Crippen molar-refractivity contribution >= 4 is 11.9 Å². The van der Waals surface area contributed by atoms with Crippen molar-refractivity contribution in [3.05, 3.63) is 71.3 Å². The molecule has 1 aliphatic rings. The van der Waals surface area contributed by atoms with Gasteiger partial charge in [0, 0.05) is 13.1 Å². The lowest BCUT2D eigenvalue weighted by Crippen LogP contribution is -2.44. The van der Waals surface area contributed by atoms with Crippen molar-refractivity contribution in [2.45, 2.75) is 32.3 Å². The summed E-state index contributed by atoms with van der Waals surface area (Å²) in [7, 11) is 0. The lowest BCUT2D eigenvalue weighted by molar-refractivity contribution is -0.141. The molecule has 5 nitrogen and oxygen atoms in total. The number of ether oxygens (including phenoxy) is 1. The van der Waals surface area contributed by atoms with Crippen molar-refractivity contribution in [3.63, 3.8) is 0 Å².